The van der Waals surface area contributed by atoms with Crippen LogP contribution in [0, 0.1) is 5.92 Å². The molecule has 1 aliphatic rings. The van der Waals surface area contributed by atoms with E-state index in [1.165, 1.54) is 12.1 Å². The number of Topliss-reactive ketones (excluding diaryl/α,β-unsaturated/α-hetero) is 1. The Labute approximate surface area is 293 Å². The van der Waals surface area contributed by atoms with Gasteiger partial charge < -0.3 is 36.1 Å². The van der Waals surface area contributed by atoms with Gasteiger partial charge in [-0.3, -0.25) is 24.0 Å². The van der Waals surface area contributed by atoms with E-state index in [0.29, 0.717) is 31.4 Å². The van der Waals surface area contributed by atoms with Crippen LogP contribution >= 0.6 is 0 Å². The number of ether oxygens (including phenoxy) is 2. The van der Waals surface area contributed by atoms with Crippen molar-refractivity contribution in [2.75, 3.05) is 13.1 Å². The number of nitrogens with one attached hydrogen (secondary N) is 5. The van der Waals surface area contributed by atoms with Gasteiger partial charge in [-0.15, -0.1) is 13.2 Å². The first kappa shape index (κ1) is 40.2. The van der Waals surface area contributed by atoms with Gasteiger partial charge in [-0.2, -0.15) is 0 Å². The zero-order valence-corrected chi connectivity index (χ0v) is 28.3. The number of hydrogen-bond donors (Lipinski definition) is 5. The zero-order chi connectivity index (χ0) is 37.4. The Balaban J connectivity index is 1.80. The van der Waals surface area contributed by atoms with Gasteiger partial charge in [0.25, 0.3) is 5.91 Å². The summed E-state index contributed by atoms with van der Waals surface area (Å²) < 4.78 is 47.6. The average molecular weight is 721 g/mol. The van der Waals surface area contributed by atoms with E-state index in [2.05, 4.69) is 36.3 Å². The number of rotatable bonds is 19. The van der Waals surface area contributed by atoms with Gasteiger partial charge in [0.1, 0.15) is 18.7 Å². The standard InChI is InChI=1S/C34H43F3N6O8/c1-3-5-16-38-32(48)28(44)25(18-22-15-17-39-29(22)45)42-30(46)24(10-4-2)41-31(47)26(43-33(49)50-20-21-11-7-6-8-12-21)19-23-13-9-14-27(40-23)51-34(35,36)37/h6-9,11-14,22,24-26H,3-5,10,15-20H2,1-2H3,(H,38,48)(H,39,45)(H,41,47)(H,42,46)(H,43,49)/t22-,24-,25-,26?/m0/s1. The van der Waals surface area contributed by atoms with E-state index in [-0.39, 0.29) is 37.6 Å². The van der Waals surface area contributed by atoms with Crippen molar-refractivity contribution >= 4 is 35.5 Å². The molecule has 5 N–H and O–H groups in total. The third-order valence-corrected chi connectivity index (χ3v) is 7.80. The van der Waals surface area contributed by atoms with Gasteiger partial charge in [0.05, 0.1) is 6.04 Å². The highest BCUT2D eigenvalue weighted by molar-refractivity contribution is 6.38. The Morgan fingerprint density at radius 2 is 1.63 bits per heavy atom. The molecule has 51 heavy (non-hydrogen) atoms. The first-order chi connectivity index (χ1) is 24.3. The molecule has 2 heterocycles. The molecule has 2 aromatic rings. The topological polar surface area (TPSA) is 194 Å². The lowest BCUT2D eigenvalue weighted by atomic mass is 9.95. The van der Waals surface area contributed by atoms with Crippen LogP contribution in [0.15, 0.2) is 48.5 Å². The van der Waals surface area contributed by atoms with Crippen LogP contribution in [0.2, 0.25) is 0 Å². The zero-order valence-electron chi connectivity index (χ0n) is 28.3. The fourth-order valence-electron chi connectivity index (χ4n) is 5.18. The maximum atomic E-state index is 13.7. The number of pyridine rings is 1. The summed E-state index contributed by atoms with van der Waals surface area (Å²) in [6.45, 7) is 4.09. The number of alkyl carbamates (subject to hydrolysis) is 1. The van der Waals surface area contributed by atoms with Crippen LogP contribution in [0.1, 0.15) is 63.6 Å². The number of hydrogen-bond acceptors (Lipinski definition) is 9. The highest BCUT2D eigenvalue weighted by Gasteiger charge is 2.36. The lowest BCUT2D eigenvalue weighted by molar-refractivity contribution is -0.276. The number of halogens is 3. The Morgan fingerprint density at radius 3 is 2.27 bits per heavy atom. The van der Waals surface area contributed by atoms with Crippen LogP contribution in [0.3, 0.4) is 0 Å². The number of carbonyl (C=O) groups is 6. The maximum Gasteiger partial charge on any atom is 0.574 e. The molecule has 0 aliphatic carbocycles. The number of benzene rings is 1. The minimum atomic E-state index is -5.03. The van der Waals surface area contributed by atoms with E-state index in [1.54, 1.807) is 37.3 Å². The van der Waals surface area contributed by atoms with Gasteiger partial charge in [-0.05, 0) is 37.3 Å². The van der Waals surface area contributed by atoms with Gasteiger partial charge >= 0.3 is 12.5 Å². The molecule has 1 aliphatic heterocycles. The Morgan fingerprint density at radius 1 is 0.922 bits per heavy atom. The van der Waals surface area contributed by atoms with Gasteiger partial charge in [0.15, 0.2) is 0 Å². The second-order valence-corrected chi connectivity index (χ2v) is 11.9. The van der Waals surface area contributed by atoms with Crippen LogP contribution in [0.4, 0.5) is 18.0 Å². The summed E-state index contributed by atoms with van der Waals surface area (Å²) in [5.74, 6) is -5.37. The van der Waals surface area contributed by atoms with E-state index >= 15 is 0 Å². The Bertz CT molecular complexity index is 1510. The third-order valence-electron chi connectivity index (χ3n) is 7.80. The second-order valence-electron chi connectivity index (χ2n) is 11.9. The van der Waals surface area contributed by atoms with Crippen LogP contribution in [0.25, 0.3) is 0 Å². The molecule has 3 rings (SSSR count). The molecule has 0 bridgehead atoms. The molecule has 1 fully saturated rings. The summed E-state index contributed by atoms with van der Waals surface area (Å²) in [6.07, 6.45) is -4.44. The lowest BCUT2D eigenvalue weighted by Crippen LogP contribution is -2.57. The number of unbranched alkanes of at least 4 members (excludes halogenated alkanes) is 1. The fourth-order valence-corrected chi connectivity index (χ4v) is 5.18. The quantitative estimate of drug-likeness (QED) is 0.107. The fraction of sp³-hybridized carbons (Fsp3) is 0.500. The van der Waals surface area contributed by atoms with Crippen molar-refractivity contribution in [3.8, 4) is 5.88 Å². The Hall–Kier alpha value is -5.22. The highest BCUT2D eigenvalue weighted by Crippen LogP contribution is 2.21. The lowest BCUT2D eigenvalue weighted by Gasteiger charge is -2.25. The van der Waals surface area contributed by atoms with Crippen LogP contribution in [0.5, 0.6) is 5.88 Å². The van der Waals surface area contributed by atoms with Crippen LogP contribution in [-0.4, -0.2) is 78.1 Å². The van der Waals surface area contributed by atoms with Crippen molar-refractivity contribution in [1.29, 1.82) is 0 Å². The summed E-state index contributed by atoms with van der Waals surface area (Å²) >= 11 is 0. The number of carbonyl (C=O) groups excluding carboxylic acids is 6. The molecule has 1 saturated heterocycles. The largest absolute Gasteiger partial charge is 0.574 e. The summed E-state index contributed by atoms with van der Waals surface area (Å²) in [5.41, 5.74) is 0.580. The van der Waals surface area contributed by atoms with Gasteiger partial charge in [0.2, 0.25) is 29.4 Å². The predicted molar refractivity (Wildman–Crippen MR) is 176 cm³/mol. The van der Waals surface area contributed by atoms with E-state index in [4.69, 9.17) is 4.74 Å². The third kappa shape index (κ3) is 13.9. The SMILES string of the molecule is CCCCNC(=O)C(=O)[C@H](C[C@@H]1CCNC1=O)NC(=O)[C@H](CCC)NC(=O)C(Cc1cccc(OC(F)(F)F)n1)NC(=O)OCc1ccccc1. The second kappa shape index (κ2) is 19.8. The summed E-state index contributed by atoms with van der Waals surface area (Å²) in [5, 5.41) is 12.6. The van der Waals surface area contributed by atoms with Crippen molar-refractivity contribution in [3.63, 3.8) is 0 Å². The van der Waals surface area contributed by atoms with E-state index < -0.39 is 72.3 Å². The van der Waals surface area contributed by atoms with E-state index in [1.807, 2.05) is 6.92 Å². The summed E-state index contributed by atoms with van der Waals surface area (Å²) in [6, 6.07) is 7.97. The molecule has 5 amide bonds. The highest BCUT2D eigenvalue weighted by atomic mass is 19.4. The van der Waals surface area contributed by atoms with Crippen LogP contribution < -0.4 is 31.3 Å². The molecule has 0 saturated carbocycles. The van der Waals surface area contributed by atoms with Gasteiger partial charge in [-0.25, -0.2) is 9.78 Å². The monoisotopic (exact) mass is 720 g/mol. The molecule has 278 valence electrons. The number of alkyl halides is 3. The van der Waals surface area contributed by atoms with Crippen LogP contribution in [-0.2, 0) is 41.7 Å². The maximum absolute atomic E-state index is 13.7. The van der Waals surface area contributed by atoms with Crippen molar-refractivity contribution in [1.82, 2.24) is 31.6 Å². The van der Waals surface area contributed by atoms with Crippen molar-refractivity contribution in [2.24, 2.45) is 5.92 Å². The predicted octanol–water partition coefficient (Wildman–Crippen LogP) is 2.60. The first-order valence-electron chi connectivity index (χ1n) is 16.7. The summed E-state index contributed by atoms with van der Waals surface area (Å²) in [4.78, 5) is 82.0. The number of aromatic nitrogens is 1. The molecule has 0 radical (unpaired) electrons. The smallest absolute Gasteiger partial charge is 0.445 e. The average Bonchev–Trinajstić information content (AvgIpc) is 3.49. The molecule has 1 aromatic heterocycles. The normalized spacial score (nSPS) is 15.8. The molecule has 1 unspecified atom stereocenters. The van der Waals surface area contributed by atoms with Gasteiger partial charge in [-0.1, -0.05) is 63.1 Å². The van der Waals surface area contributed by atoms with Crippen molar-refractivity contribution < 1.29 is 51.4 Å². The number of ketones is 1. The minimum absolute atomic E-state index is 0.0590. The minimum Gasteiger partial charge on any atom is -0.445 e. The Kier molecular flexibility index (Phi) is 15.6. The number of nitrogens with zero attached hydrogens (tertiary/aromatic N) is 1. The molecular formula is C34H43F3N6O8. The van der Waals surface area contributed by atoms with Crippen molar-refractivity contribution in [3.05, 3.63) is 59.8 Å². The molecule has 1 aromatic carbocycles. The molecule has 17 heteroatoms. The van der Waals surface area contributed by atoms with E-state index in [9.17, 15) is 41.9 Å². The molecule has 4 atom stereocenters. The molecule has 14 nitrogen and oxygen atoms in total. The first-order valence-corrected chi connectivity index (χ1v) is 16.7. The molecular weight excluding hydrogens is 677 g/mol. The molecule has 0 spiro atoms. The van der Waals surface area contributed by atoms with E-state index in [0.717, 1.165) is 12.5 Å². The summed E-state index contributed by atoms with van der Waals surface area (Å²) in [7, 11) is 0. The van der Waals surface area contributed by atoms with Gasteiger partial charge in [0, 0.05) is 37.2 Å². The van der Waals surface area contributed by atoms with Crippen molar-refractivity contribution in [2.45, 2.75) is 89.9 Å². The number of amides is 5.